The molecule has 2 fully saturated rings. The van der Waals surface area contributed by atoms with E-state index in [1.165, 1.54) is 83.8 Å². The molecule has 0 saturated heterocycles. The van der Waals surface area contributed by atoms with Crippen LogP contribution >= 0.6 is 0 Å². The molecule has 0 spiro atoms. The molecular weight excluding hydrogens is 220 g/mol. The van der Waals surface area contributed by atoms with E-state index in [1.807, 2.05) is 0 Å². The maximum atomic E-state index is 3.75. The molecule has 18 heavy (non-hydrogen) atoms. The van der Waals surface area contributed by atoms with Gasteiger partial charge in [0.05, 0.1) is 0 Å². The largest absolute Gasteiger partial charge is 0.313 e. The summed E-state index contributed by atoms with van der Waals surface area (Å²) in [5.74, 6) is 0.985. The average Bonchev–Trinajstić information content (AvgIpc) is 2.41. The third-order valence-corrected chi connectivity index (χ3v) is 4.83. The average molecular weight is 252 g/mol. The first-order valence-corrected chi connectivity index (χ1v) is 8.26. The highest BCUT2D eigenvalue weighted by atomic mass is 15.1. The predicted molar refractivity (Wildman–Crippen MR) is 78.9 cm³/mol. The van der Waals surface area contributed by atoms with Crippen molar-refractivity contribution in [2.45, 2.75) is 70.3 Å². The predicted octanol–water partition coefficient (Wildman–Crippen LogP) is 3.42. The molecule has 0 atom stereocenters. The summed E-state index contributed by atoms with van der Waals surface area (Å²) in [7, 11) is 2.30. The molecule has 0 aromatic carbocycles. The molecule has 0 aliphatic heterocycles. The van der Waals surface area contributed by atoms with Gasteiger partial charge in [-0.15, -0.1) is 0 Å². The first-order chi connectivity index (χ1) is 8.84. The molecule has 0 unspecified atom stereocenters. The summed E-state index contributed by atoms with van der Waals surface area (Å²) < 4.78 is 0. The monoisotopic (exact) mass is 252 g/mol. The van der Waals surface area contributed by atoms with E-state index in [0.29, 0.717) is 0 Å². The van der Waals surface area contributed by atoms with E-state index in [-0.39, 0.29) is 0 Å². The molecule has 0 radical (unpaired) electrons. The Bertz CT molecular complexity index is 205. The molecular formula is C16H32N2. The van der Waals surface area contributed by atoms with Crippen molar-refractivity contribution < 1.29 is 0 Å². The number of hydrogen-bond acceptors (Lipinski definition) is 2. The van der Waals surface area contributed by atoms with Gasteiger partial charge in [0.2, 0.25) is 0 Å². The maximum absolute atomic E-state index is 3.75. The molecule has 0 aromatic heterocycles. The van der Waals surface area contributed by atoms with Crippen LogP contribution in [-0.4, -0.2) is 37.6 Å². The smallest absolute Gasteiger partial charge is 0.0104 e. The highest BCUT2D eigenvalue weighted by Gasteiger charge is 2.16. The van der Waals surface area contributed by atoms with Gasteiger partial charge in [-0.1, -0.05) is 38.5 Å². The minimum absolute atomic E-state index is 0.821. The normalized spacial score (nSPS) is 23.7. The van der Waals surface area contributed by atoms with Crippen molar-refractivity contribution in [3.8, 4) is 0 Å². The molecule has 2 rings (SSSR count). The summed E-state index contributed by atoms with van der Waals surface area (Å²) >= 11 is 0. The van der Waals surface area contributed by atoms with E-state index in [1.54, 1.807) is 0 Å². The van der Waals surface area contributed by atoms with Crippen molar-refractivity contribution in [3.05, 3.63) is 0 Å². The van der Waals surface area contributed by atoms with Crippen LogP contribution in [0.4, 0.5) is 0 Å². The fraction of sp³-hybridized carbons (Fsp3) is 1.00. The highest BCUT2D eigenvalue weighted by molar-refractivity contribution is 4.73. The van der Waals surface area contributed by atoms with Crippen LogP contribution in [0, 0.1) is 5.92 Å². The van der Waals surface area contributed by atoms with Crippen LogP contribution in [0.25, 0.3) is 0 Å². The first kappa shape index (κ1) is 14.3. The Morgan fingerprint density at radius 3 is 2.17 bits per heavy atom. The lowest BCUT2D eigenvalue weighted by Crippen LogP contribution is -2.38. The van der Waals surface area contributed by atoms with Gasteiger partial charge < -0.3 is 10.2 Å². The van der Waals surface area contributed by atoms with E-state index in [9.17, 15) is 0 Å². The number of nitrogens with one attached hydrogen (secondary N) is 1. The van der Waals surface area contributed by atoms with Crippen LogP contribution < -0.4 is 5.32 Å². The topological polar surface area (TPSA) is 15.3 Å². The summed E-state index contributed by atoms with van der Waals surface area (Å²) in [5, 5.41) is 3.75. The van der Waals surface area contributed by atoms with Gasteiger partial charge in [0.15, 0.2) is 0 Å². The fourth-order valence-corrected chi connectivity index (χ4v) is 3.67. The molecule has 106 valence electrons. The Balaban J connectivity index is 1.52. The molecule has 2 heteroatoms. The van der Waals surface area contributed by atoms with Crippen LogP contribution in [0.2, 0.25) is 0 Å². The molecule has 2 aliphatic rings. The van der Waals surface area contributed by atoms with Crippen molar-refractivity contribution in [3.63, 3.8) is 0 Å². The van der Waals surface area contributed by atoms with E-state index >= 15 is 0 Å². The second-order valence-corrected chi connectivity index (χ2v) is 6.56. The lowest BCUT2D eigenvalue weighted by Gasteiger charge is -2.28. The van der Waals surface area contributed by atoms with Crippen molar-refractivity contribution in [1.29, 1.82) is 0 Å². The molecule has 2 saturated carbocycles. The van der Waals surface area contributed by atoms with Gasteiger partial charge in [0, 0.05) is 25.7 Å². The zero-order chi connectivity index (χ0) is 12.6. The van der Waals surface area contributed by atoms with Gasteiger partial charge in [0.25, 0.3) is 0 Å². The van der Waals surface area contributed by atoms with Gasteiger partial charge in [-0.3, -0.25) is 0 Å². The number of likely N-dealkylation sites (N-methyl/N-ethyl adjacent to an activating group) is 1. The van der Waals surface area contributed by atoms with Crippen molar-refractivity contribution in [2.75, 3.05) is 26.7 Å². The standard InChI is InChI=1S/C16H32N2/c1-18(14-15-8-4-2-5-9-15)13-12-17-16-10-6-3-7-11-16/h15-17H,2-14H2,1H3. The summed E-state index contributed by atoms with van der Waals surface area (Å²) in [6, 6.07) is 0.821. The van der Waals surface area contributed by atoms with E-state index in [4.69, 9.17) is 0 Å². The van der Waals surface area contributed by atoms with Crippen LogP contribution in [0.1, 0.15) is 64.2 Å². The van der Waals surface area contributed by atoms with Crippen LogP contribution in [0.15, 0.2) is 0 Å². The summed E-state index contributed by atoms with van der Waals surface area (Å²) in [4.78, 5) is 2.55. The summed E-state index contributed by atoms with van der Waals surface area (Å²) in [5.41, 5.74) is 0. The Hall–Kier alpha value is -0.0800. The van der Waals surface area contributed by atoms with Gasteiger partial charge in [-0.2, -0.15) is 0 Å². The maximum Gasteiger partial charge on any atom is 0.0104 e. The summed E-state index contributed by atoms with van der Waals surface area (Å²) in [6.45, 7) is 3.74. The van der Waals surface area contributed by atoms with Gasteiger partial charge in [-0.25, -0.2) is 0 Å². The highest BCUT2D eigenvalue weighted by Crippen LogP contribution is 2.24. The van der Waals surface area contributed by atoms with Crippen molar-refractivity contribution in [1.82, 2.24) is 10.2 Å². The zero-order valence-electron chi connectivity index (χ0n) is 12.3. The van der Waals surface area contributed by atoms with Gasteiger partial charge in [0.1, 0.15) is 0 Å². The second kappa shape index (κ2) is 8.16. The minimum Gasteiger partial charge on any atom is -0.313 e. The van der Waals surface area contributed by atoms with Gasteiger partial charge in [-0.05, 0) is 38.6 Å². The molecule has 0 bridgehead atoms. The Kier molecular flexibility index (Phi) is 6.50. The third-order valence-electron chi connectivity index (χ3n) is 4.83. The molecule has 0 heterocycles. The number of hydrogen-bond donors (Lipinski definition) is 1. The van der Waals surface area contributed by atoms with E-state index in [0.717, 1.165) is 12.0 Å². The molecule has 0 aromatic rings. The Morgan fingerprint density at radius 2 is 1.50 bits per heavy atom. The molecule has 2 aliphatic carbocycles. The fourth-order valence-electron chi connectivity index (χ4n) is 3.67. The lowest BCUT2D eigenvalue weighted by atomic mass is 9.89. The minimum atomic E-state index is 0.821. The van der Waals surface area contributed by atoms with Gasteiger partial charge >= 0.3 is 0 Å². The number of rotatable bonds is 6. The number of nitrogens with zero attached hydrogens (tertiary/aromatic N) is 1. The molecule has 1 N–H and O–H groups in total. The van der Waals surface area contributed by atoms with Crippen LogP contribution in [0.3, 0.4) is 0 Å². The molecule has 0 amide bonds. The van der Waals surface area contributed by atoms with Crippen molar-refractivity contribution in [2.24, 2.45) is 5.92 Å². The van der Waals surface area contributed by atoms with Crippen LogP contribution in [0.5, 0.6) is 0 Å². The molecule has 2 nitrogen and oxygen atoms in total. The third kappa shape index (κ3) is 5.27. The second-order valence-electron chi connectivity index (χ2n) is 6.56. The van der Waals surface area contributed by atoms with Crippen LogP contribution in [-0.2, 0) is 0 Å². The van der Waals surface area contributed by atoms with Crippen molar-refractivity contribution >= 4 is 0 Å². The van der Waals surface area contributed by atoms with E-state index in [2.05, 4.69) is 17.3 Å². The SMILES string of the molecule is CN(CCNC1CCCCC1)CC1CCCCC1. The first-order valence-electron chi connectivity index (χ1n) is 8.26. The van der Waals surface area contributed by atoms with E-state index < -0.39 is 0 Å². The zero-order valence-corrected chi connectivity index (χ0v) is 12.3. The quantitative estimate of drug-likeness (QED) is 0.779. The lowest BCUT2D eigenvalue weighted by molar-refractivity contribution is 0.229. The Labute approximate surface area is 114 Å². The Morgan fingerprint density at radius 1 is 0.889 bits per heavy atom. The summed E-state index contributed by atoms with van der Waals surface area (Å²) in [6.07, 6.45) is 14.5.